The molecule has 0 unspecified atom stereocenters. The molecule has 3 heteroatoms. The zero-order chi connectivity index (χ0) is 12.2. The molecule has 0 aliphatic heterocycles. The molecule has 88 valence electrons. The highest BCUT2D eigenvalue weighted by Gasteiger charge is 2.06. The number of aromatic nitrogens is 3. The highest BCUT2D eigenvalue weighted by molar-refractivity contribution is 5.27. The van der Waals surface area contributed by atoms with Gasteiger partial charge in [-0.2, -0.15) is 0 Å². The fourth-order valence-corrected chi connectivity index (χ4v) is 1.99. The summed E-state index contributed by atoms with van der Waals surface area (Å²) >= 11 is 0. The highest BCUT2D eigenvalue weighted by atomic mass is 15.1. The fourth-order valence-electron chi connectivity index (χ4n) is 1.99. The molecule has 1 aliphatic carbocycles. The number of imidazole rings is 1. The van der Waals surface area contributed by atoms with Crippen molar-refractivity contribution < 1.29 is 4.57 Å². The Labute approximate surface area is 106 Å². The van der Waals surface area contributed by atoms with E-state index in [2.05, 4.69) is 44.6 Å². The minimum Gasteiger partial charge on any atom is -0.265 e. The van der Waals surface area contributed by atoms with E-state index in [0.29, 0.717) is 0 Å². The Morgan fingerprint density at radius 3 is 2.94 bits per heavy atom. The molecule has 0 fully saturated rings. The molecule has 0 atom stereocenters. The molecule has 2 aromatic rings. The van der Waals surface area contributed by atoms with Crippen molar-refractivity contribution in [1.82, 2.24) is 9.55 Å². The largest absolute Gasteiger partial charge is 0.265 e. The van der Waals surface area contributed by atoms with Gasteiger partial charge < -0.3 is 0 Å². The summed E-state index contributed by atoms with van der Waals surface area (Å²) in [6, 6.07) is 4.07. The number of hydrogen-bond donors (Lipinski definition) is 0. The summed E-state index contributed by atoms with van der Waals surface area (Å²) in [5, 5.41) is 0. The first kappa shape index (κ1) is 10.8. The molecule has 3 nitrogen and oxygen atoms in total. The van der Waals surface area contributed by atoms with Gasteiger partial charge in [0.15, 0.2) is 0 Å². The van der Waals surface area contributed by atoms with Gasteiger partial charge in [-0.15, -0.1) is 5.73 Å². The van der Waals surface area contributed by atoms with Crippen LogP contribution < -0.4 is 4.57 Å². The van der Waals surface area contributed by atoms with Crippen LogP contribution in [-0.2, 0) is 13.1 Å². The van der Waals surface area contributed by atoms with Crippen molar-refractivity contribution in [2.24, 2.45) is 0 Å². The van der Waals surface area contributed by atoms with Crippen molar-refractivity contribution in [3.05, 3.63) is 78.3 Å². The van der Waals surface area contributed by atoms with Crippen molar-refractivity contribution in [2.45, 2.75) is 13.1 Å². The molecule has 0 bridgehead atoms. The second-order valence-electron chi connectivity index (χ2n) is 4.31. The maximum atomic E-state index is 4.02. The molecule has 0 saturated carbocycles. The highest BCUT2D eigenvalue weighted by Crippen LogP contribution is 2.02. The first-order valence-corrected chi connectivity index (χ1v) is 5.96. The maximum Gasteiger partial charge on any atom is 0.244 e. The molecule has 1 aliphatic rings. The predicted octanol–water partition coefficient (Wildman–Crippen LogP) is 1.87. The second-order valence-corrected chi connectivity index (χ2v) is 4.31. The lowest BCUT2D eigenvalue weighted by molar-refractivity contribution is -0.688. The maximum absolute atomic E-state index is 4.02. The van der Waals surface area contributed by atoms with Crippen molar-refractivity contribution >= 4 is 0 Å². The number of allylic oxidation sites excluding steroid dienone is 3. The van der Waals surface area contributed by atoms with Crippen LogP contribution in [0.1, 0.15) is 5.56 Å². The predicted molar refractivity (Wildman–Crippen MR) is 68.7 cm³/mol. The monoisotopic (exact) mass is 236 g/mol. The third-order valence-electron chi connectivity index (χ3n) is 2.88. The average Bonchev–Trinajstić information content (AvgIpc) is 3.03. The van der Waals surface area contributed by atoms with Gasteiger partial charge in [0.2, 0.25) is 6.33 Å². The Hall–Kier alpha value is -2.38. The van der Waals surface area contributed by atoms with Crippen molar-refractivity contribution in [3.63, 3.8) is 0 Å². The van der Waals surface area contributed by atoms with Crippen LogP contribution in [0.2, 0.25) is 0 Å². The van der Waals surface area contributed by atoms with Crippen LogP contribution in [0.4, 0.5) is 0 Å². The molecule has 0 amide bonds. The minimum absolute atomic E-state index is 0.871. The summed E-state index contributed by atoms with van der Waals surface area (Å²) in [6.45, 7) is 1.75. The molecule has 0 saturated heterocycles. The molecule has 2 heterocycles. The zero-order valence-corrected chi connectivity index (χ0v) is 10.0. The first-order valence-electron chi connectivity index (χ1n) is 5.96. The van der Waals surface area contributed by atoms with E-state index in [0.717, 1.165) is 13.1 Å². The molecule has 0 spiro atoms. The quantitative estimate of drug-likeness (QED) is 0.586. The molecule has 0 aromatic carbocycles. The van der Waals surface area contributed by atoms with E-state index in [1.54, 1.807) is 0 Å². The van der Waals surface area contributed by atoms with Crippen molar-refractivity contribution in [2.75, 3.05) is 0 Å². The van der Waals surface area contributed by atoms with Crippen LogP contribution in [0.25, 0.3) is 0 Å². The van der Waals surface area contributed by atoms with Gasteiger partial charge in [0, 0.05) is 18.0 Å². The summed E-state index contributed by atoms with van der Waals surface area (Å²) in [5.74, 6) is 0. The molecule has 3 rings (SSSR count). The van der Waals surface area contributed by atoms with Crippen LogP contribution in [-0.4, -0.2) is 9.55 Å². The topological polar surface area (TPSA) is 21.7 Å². The summed E-state index contributed by atoms with van der Waals surface area (Å²) in [6.07, 6.45) is 16.0. The van der Waals surface area contributed by atoms with E-state index in [1.165, 1.54) is 11.1 Å². The Morgan fingerprint density at radius 1 is 1.28 bits per heavy atom. The van der Waals surface area contributed by atoms with E-state index >= 15 is 0 Å². The molecule has 0 radical (unpaired) electrons. The van der Waals surface area contributed by atoms with E-state index in [4.69, 9.17) is 0 Å². The number of nitrogens with zero attached hydrogens (tertiary/aromatic N) is 3. The Kier molecular flexibility index (Phi) is 2.90. The number of pyridine rings is 1. The smallest absolute Gasteiger partial charge is 0.244 e. The Bertz CT molecular complexity index is 629. The standard InChI is InChI=1S/C15H14N3/c1-2-4-14(3-1)11-17-9-10-18(13-17)12-15-5-7-16-8-6-15/h1-3,5-10,13H,11-12H2/q+1. The summed E-state index contributed by atoms with van der Waals surface area (Å²) < 4.78 is 4.32. The van der Waals surface area contributed by atoms with Crippen LogP contribution in [0.3, 0.4) is 0 Å². The number of hydrogen-bond acceptors (Lipinski definition) is 1. The van der Waals surface area contributed by atoms with Crippen LogP contribution >= 0.6 is 0 Å². The van der Waals surface area contributed by atoms with Gasteiger partial charge in [0.25, 0.3) is 0 Å². The van der Waals surface area contributed by atoms with Gasteiger partial charge in [0.1, 0.15) is 25.5 Å². The van der Waals surface area contributed by atoms with Gasteiger partial charge in [-0.25, -0.2) is 9.13 Å². The summed E-state index contributed by atoms with van der Waals surface area (Å²) in [4.78, 5) is 4.02. The lowest BCUT2D eigenvalue weighted by Gasteiger charge is -1.96. The molecular weight excluding hydrogens is 222 g/mol. The fraction of sp³-hybridized carbons (Fsp3) is 0.133. The third kappa shape index (κ3) is 2.47. The van der Waals surface area contributed by atoms with E-state index in [-0.39, 0.29) is 0 Å². The van der Waals surface area contributed by atoms with Gasteiger partial charge in [-0.1, -0.05) is 6.08 Å². The van der Waals surface area contributed by atoms with Gasteiger partial charge >= 0.3 is 0 Å². The lowest BCUT2D eigenvalue weighted by Crippen LogP contribution is -2.31. The van der Waals surface area contributed by atoms with Gasteiger partial charge in [0.05, 0.1) is 0 Å². The van der Waals surface area contributed by atoms with Crippen LogP contribution in [0.15, 0.2) is 72.8 Å². The third-order valence-corrected chi connectivity index (χ3v) is 2.88. The molecule has 0 N–H and O–H groups in total. The van der Waals surface area contributed by atoms with E-state index < -0.39 is 0 Å². The molecular formula is C15H14N3+. The SMILES string of the molecule is C1=CC=CC=1C[n+]1ccn(Cc2ccncc2)c1. The average molecular weight is 236 g/mol. The molecule has 18 heavy (non-hydrogen) atoms. The summed E-state index contributed by atoms with van der Waals surface area (Å²) in [5.41, 5.74) is 5.67. The van der Waals surface area contributed by atoms with Crippen molar-refractivity contribution in [1.29, 1.82) is 0 Å². The Balaban J connectivity index is 1.70. The zero-order valence-electron chi connectivity index (χ0n) is 10.0. The Morgan fingerprint density at radius 2 is 2.17 bits per heavy atom. The second kappa shape index (κ2) is 4.86. The van der Waals surface area contributed by atoms with Crippen LogP contribution in [0.5, 0.6) is 0 Å². The molecule has 2 aromatic heterocycles. The van der Waals surface area contributed by atoms with Crippen LogP contribution in [0, 0.1) is 0 Å². The summed E-state index contributed by atoms with van der Waals surface area (Å²) in [7, 11) is 0. The first-order chi connectivity index (χ1) is 8.90. The lowest BCUT2D eigenvalue weighted by atomic mass is 10.3. The van der Waals surface area contributed by atoms with Gasteiger partial charge in [-0.3, -0.25) is 4.98 Å². The van der Waals surface area contributed by atoms with E-state index in [9.17, 15) is 0 Å². The van der Waals surface area contributed by atoms with Crippen molar-refractivity contribution in [3.8, 4) is 0 Å². The normalized spacial score (nSPS) is 13.0. The van der Waals surface area contributed by atoms with Gasteiger partial charge in [-0.05, 0) is 29.8 Å². The number of rotatable bonds is 4. The van der Waals surface area contributed by atoms with E-state index in [1.807, 2.05) is 36.7 Å². The minimum atomic E-state index is 0.871.